The molecule has 118 valence electrons. The smallest absolute Gasteiger partial charge is 0.161 e. The summed E-state index contributed by atoms with van der Waals surface area (Å²) in [6.07, 6.45) is 0.972. The molecule has 2 aromatic carbocycles. The van der Waals surface area contributed by atoms with E-state index in [0.717, 1.165) is 31.0 Å². The fourth-order valence-electron chi connectivity index (χ4n) is 2.31. The monoisotopic (exact) mass is 299 g/mol. The molecule has 0 aliphatic heterocycles. The molecule has 0 aromatic heterocycles. The predicted octanol–water partition coefficient (Wildman–Crippen LogP) is 3.82. The fourth-order valence-corrected chi connectivity index (χ4v) is 2.31. The van der Waals surface area contributed by atoms with Gasteiger partial charge in [0.25, 0.3) is 0 Å². The van der Waals surface area contributed by atoms with Crippen LogP contribution in [0, 0.1) is 0 Å². The number of nitrogens with one attached hydrogen (secondary N) is 1. The van der Waals surface area contributed by atoms with E-state index in [9.17, 15) is 0 Å². The molecule has 0 saturated heterocycles. The van der Waals surface area contributed by atoms with E-state index in [1.165, 1.54) is 11.1 Å². The van der Waals surface area contributed by atoms with Gasteiger partial charge in [-0.3, -0.25) is 0 Å². The van der Waals surface area contributed by atoms with Crippen molar-refractivity contribution in [1.82, 2.24) is 5.32 Å². The molecule has 22 heavy (non-hydrogen) atoms. The summed E-state index contributed by atoms with van der Waals surface area (Å²) in [6, 6.07) is 16.6. The van der Waals surface area contributed by atoms with E-state index < -0.39 is 0 Å². The molecule has 1 N–H and O–H groups in total. The van der Waals surface area contributed by atoms with Gasteiger partial charge in [-0.1, -0.05) is 36.4 Å². The summed E-state index contributed by atoms with van der Waals surface area (Å²) >= 11 is 0. The molecule has 0 heterocycles. The van der Waals surface area contributed by atoms with Crippen LogP contribution in [-0.2, 0) is 13.0 Å². The first kappa shape index (κ1) is 16.4. The van der Waals surface area contributed by atoms with Crippen LogP contribution in [0.25, 0.3) is 0 Å². The van der Waals surface area contributed by atoms with Crippen LogP contribution in [0.2, 0.25) is 0 Å². The molecule has 0 spiro atoms. The molecule has 2 rings (SSSR count). The second-order valence-electron chi connectivity index (χ2n) is 5.06. The summed E-state index contributed by atoms with van der Waals surface area (Å²) in [7, 11) is 0. The quantitative estimate of drug-likeness (QED) is 0.714. The minimum Gasteiger partial charge on any atom is -0.490 e. The van der Waals surface area contributed by atoms with Crippen LogP contribution < -0.4 is 14.8 Å². The Bertz CT molecular complexity index is 555. The zero-order chi connectivity index (χ0) is 15.6. The van der Waals surface area contributed by atoms with E-state index in [2.05, 4.69) is 41.7 Å². The third-order valence-electron chi connectivity index (χ3n) is 3.37. The van der Waals surface area contributed by atoms with Crippen LogP contribution in [0.1, 0.15) is 25.0 Å². The van der Waals surface area contributed by atoms with Gasteiger partial charge >= 0.3 is 0 Å². The van der Waals surface area contributed by atoms with E-state index in [4.69, 9.17) is 9.47 Å². The molecule has 0 radical (unpaired) electrons. The van der Waals surface area contributed by atoms with Crippen molar-refractivity contribution in [3.05, 3.63) is 59.7 Å². The van der Waals surface area contributed by atoms with Crippen molar-refractivity contribution in [3.63, 3.8) is 0 Å². The highest BCUT2D eigenvalue weighted by Crippen LogP contribution is 2.28. The lowest BCUT2D eigenvalue weighted by molar-refractivity contribution is 0.287. The highest BCUT2D eigenvalue weighted by molar-refractivity contribution is 5.43. The molecule has 0 unspecified atom stereocenters. The van der Waals surface area contributed by atoms with Crippen molar-refractivity contribution < 1.29 is 9.47 Å². The fraction of sp³-hybridized carbons (Fsp3) is 0.368. The van der Waals surface area contributed by atoms with Gasteiger partial charge in [0.05, 0.1) is 13.2 Å². The molecule has 0 aliphatic rings. The summed E-state index contributed by atoms with van der Waals surface area (Å²) in [6.45, 7) is 7.11. The largest absolute Gasteiger partial charge is 0.490 e. The van der Waals surface area contributed by atoms with Gasteiger partial charge in [0.1, 0.15) is 0 Å². The van der Waals surface area contributed by atoms with Crippen molar-refractivity contribution >= 4 is 0 Å². The van der Waals surface area contributed by atoms with E-state index in [-0.39, 0.29) is 0 Å². The Kier molecular flexibility index (Phi) is 6.78. The van der Waals surface area contributed by atoms with Gasteiger partial charge in [-0.2, -0.15) is 0 Å². The molecule has 3 nitrogen and oxygen atoms in total. The maximum Gasteiger partial charge on any atom is 0.161 e. The van der Waals surface area contributed by atoms with Crippen LogP contribution in [0.5, 0.6) is 11.5 Å². The lowest BCUT2D eigenvalue weighted by atomic mass is 10.1. The van der Waals surface area contributed by atoms with Crippen LogP contribution in [-0.4, -0.2) is 19.8 Å². The Morgan fingerprint density at radius 2 is 1.55 bits per heavy atom. The minimum absolute atomic E-state index is 0.649. The number of hydrogen-bond donors (Lipinski definition) is 1. The average molecular weight is 299 g/mol. The maximum atomic E-state index is 5.66. The second-order valence-corrected chi connectivity index (χ2v) is 5.06. The Balaban J connectivity index is 1.85. The third-order valence-corrected chi connectivity index (χ3v) is 3.37. The molecule has 2 aromatic rings. The Morgan fingerprint density at radius 1 is 0.818 bits per heavy atom. The summed E-state index contributed by atoms with van der Waals surface area (Å²) in [5.74, 6) is 1.66. The molecular weight excluding hydrogens is 274 g/mol. The van der Waals surface area contributed by atoms with Crippen molar-refractivity contribution in [2.45, 2.75) is 26.8 Å². The zero-order valence-electron chi connectivity index (χ0n) is 13.5. The molecule has 0 fully saturated rings. The van der Waals surface area contributed by atoms with E-state index >= 15 is 0 Å². The van der Waals surface area contributed by atoms with Gasteiger partial charge in [0, 0.05) is 6.54 Å². The lowest BCUT2D eigenvalue weighted by Gasteiger charge is -2.12. The van der Waals surface area contributed by atoms with Crippen LogP contribution in [0.15, 0.2) is 48.5 Å². The number of rotatable bonds is 9. The number of hydrogen-bond acceptors (Lipinski definition) is 3. The standard InChI is InChI=1S/C19H25NO2/c1-3-21-18-11-10-16(14-19(18)22-4-2)12-13-20-15-17-8-6-5-7-9-17/h5-11,14,20H,3-4,12-13,15H2,1-2H3. The van der Waals surface area contributed by atoms with E-state index in [1.807, 2.05) is 26.0 Å². The Labute approximate surface area is 133 Å². The number of benzene rings is 2. The van der Waals surface area contributed by atoms with Gasteiger partial charge in [-0.05, 0) is 50.1 Å². The molecular formula is C19H25NO2. The van der Waals surface area contributed by atoms with Gasteiger partial charge < -0.3 is 14.8 Å². The van der Waals surface area contributed by atoms with Crippen LogP contribution in [0.3, 0.4) is 0 Å². The summed E-state index contributed by atoms with van der Waals surface area (Å²) in [4.78, 5) is 0. The molecule has 3 heteroatoms. The van der Waals surface area contributed by atoms with E-state index in [0.29, 0.717) is 13.2 Å². The van der Waals surface area contributed by atoms with Gasteiger partial charge in [0.15, 0.2) is 11.5 Å². The van der Waals surface area contributed by atoms with Crippen LogP contribution in [0.4, 0.5) is 0 Å². The molecule has 0 amide bonds. The predicted molar refractivity (Wildman–Crippen MR) is 90.6 cm³/mol. The van der Waals surface area contributed by atoms with Gasteiger partial charge in [-0.15, -0.1) is 0 Å². The zero-order valence-corrected chi connectivity index (χ0v) is 13.5. The topological polar surface area (TPSA) is 30.5 Å². The average Bonchev–Trinajstić information content (AvgIpc) is 2.55. The first-order chi connectivity index (χ1) is 10.8. The maximum absolute atomic E-state index is 5.66. The first-order valence-corrected chi connectivity index (χ1v) is 7.96. The van der Waals surface area contributed by atoms with Crippen molar-refractivity contribution in [3.8, 4) is 11.5 Å². The number of ether oxygens (including phenoxy) is 2. The van der Waals surface area contributed by atoms with Crippen molar-refractivity contribution in [2.75, 3.05) is 19.8 Å². The van der Waals surface area contributed by atoms with Crippen LogP contribution >= 0.6 is 0 Å². The SMILES string of the molecule is CCOc1ccc(CCNCc2ccccc2)cc1OCC. The highest BCUT2D eigenvalue weighted by Gasteiger charge is 2.06. The van der Waals surface area contributed by atoms with Gasteiger partial charge in [-0.25, -0.2) is 0 Å². The highest BCUT2D eigenvalue weighted by atomic mass is 16.5. The summed E-state index contributed by atoms with van der Waals surface area (Å²) in [5, 5.41) is 3.47. The molecule has 0 bridgehead atoms. The Morgan fingerprint density at radius 3 is 2.27 bits per heavy atom. The van der Waals surface area contributed by atoms with E-state index in [1.54, 1.807) is 0 Å². The summed E-state index contributed by atoms with van der Waals surface area (Å²) < 4.78 is 11.2. The normalized spacial score (nSPS) is 10.5. The molecule has 0 atom stereocenters. The van der Waals surface area contributed by atoms with Crippen molar-refractivity contribution in [2.24, 2.45) is 0 Å². The molecule has 0 aliphatic carbocycles. The second kappa shape index (κ2) is 9.11. The summed E-state index contributed by atoms with van der Waals surface area (Å²) in [5.41, 5.74) is 2.57. The first-order valence-electron chi connectivity index (χ1n) is 7.96. The van der Waals surface area contributed by atoms with Gasteiger partial charge in [0.2, 0.25) is 0 Å². The third kappa shape index (κ3) is 5.08. The lowest BCUT2D eigenvalue weighted by Crippen LogP contribution is -2.16. The Hall–Kier alpha value is -2.00. The van der Waals surface area contributed by atoms with Crippen molar-refractivity contribution in [1.29, 1.82) is 0 Å². The molecule has 0 saturated carbocycles. The minimum atomic E-state index is 0.649.